The molecule has 0 bridgehead atoms. The molecule has 0 radical (unpaired) electrons. The van der Waals surface area contributed by atoms with Crippen molar-refractivity contribution in [3.05, 3.63) is 58.2 Å². The summed E-state index contributed by atoms with van der Waals surface area (Å²) in [7, 11) is 0. The van der Waals surface area contributed by atoms with Crippen molar-refractivity contribution in [2.75, 3.05) is 0 Å². The summed E-state index contributed by atoms with van der Waals surface area (Å²) in [6.45, 7) is 4.49. The normalized spacial score (nSPS) is 12.0. The molecule has 1 N–H and O–H groups in total. The molecule has 0 aliphatic carbocycles. The van der Waals surface area contributed by atoms with Crippen LogP contribution in [0.15, 0.2) is 52.1 Å². The third-order valence-electron chi connectivity index (χ3n) is 2.95. The topological polar surface area (TPSA) is 42.0 Å². The van der Waals surface area contributed by atoms with E-state index < -0.39 is 0 Å². The number of thioether (sulfide) groups is 1. The number of amides is 1. The molecule has 1 aromatic heterocycles. The highest BCUT2D eigenvalue weighted by Crippen LogP contribution is 2.22. The second kappa shape index (κ2) is 7.61. The molecule has 1 amide bonds. The van der Waals surface area contributed by atoms with Crippen LogP contribution >= 0.6 is 27.7 Å². The molecule has 0 fully saturated rings. The lowest BCUT2D eigenvalue weighted by Gasteiger charge is -2.11. The van der Waals surface area contributed by atoms with Gasteiger partial charge in [-0.25, -0.2) is 4.98 Å². The third-order valence-corrected chi connectivity index (χ3v) is 4.47. The average Bonchev–Trinajstić information content (AvgIpc) is 2.48. The maximum absolute atomic E-state index is 12.1. The molecule has 2 rings (SSSR count). The molecule has 2 aromatic rings. The van der Waals surface area contributed by atoms with Crippen molar-refractivity contribution in [2.24, 2.45) is 0 Å². The Morgan fingerprint density at radius 1 is 1.29 bits per heavy atom. The van der Waals surface area contributed by atoms with Gasteiger partial charge >= 0.3 is 0 Å². The fourth-order valence-electron chi connectivity index (χ4n) is 1.71. The van der Waals surface area contributed by atoms with E-state index in [1.54, 1.807) is 6.20 Å². The van der Waals surface area contributed by atoms with Crippen molar-refractivity contribution in [3.8, 4) is 0 Å². The van der Waals surface area contributed by atoms with Crippen LogP contribution in [0.4, 0.5) is 0 Å². The van der Waals surface area contributed by atoms with E-state index in [2.05, 4.69) is 26.2 Å². The lowest BCUT2D eigenvalue weighted by molar-refractivity contribution is -0.120. The van der Waals surface area contributed by atoms with Crippen molar-refractivity contribution in [1.82, 2.24) is 10.3 Å². The van der Waals surface area contributed by atoms with E-state index in [0.717, 1.165) is 15.1 Å². The SMILES string of the molecule is Cc1ccc(CNC(=O)[C@H](C)Sc2ccc(Br)cn2)cc1. The second-order valence-electron chi connectivity index (χ2n) is 4.78. The molecular formula is C16H17BrN2OS. The van der Waals surface area contributed by atoms with Gasteiger partial charge in [0.2, 0.25) is 5.91 Å². The largest absolute Gasteiger partial charge is 0.351 e. The highest BCUT2D eigenvalue weighted by Gasteiger charge is 2.14. The predicted octanol–water partition coefficient (Wildman–Crippen LogP) is 3.95. The number of benzene rings is 1. The van der Waals surface area contributed by atoms with Crippen LogP contribution in [-0.4, -0.2) is 16.1 Å². The summed E-state index contributed by atoms with van der Waals surface area (Å²) >= 11 is 4.80. The van der Waals surface area contributed by atoms with Crippen LogP contribution in [0.1, 0.15) is 18.1 Å². The summed E-state index contributed by atoms with van der Waals surface area (Å²) in [6.07, 6.45) is 1.74. The first-order valence-corrected chi connectivity index (χ1v) is 8.33. The number of hydrogen-bond acceptors (Lipinski definition) is 3. The fourth-order valence-corrected chi connectivity index (χ4v) is 2.75. The second-order valence-corrected chi connectivity index (χ2v) is 7.05. The lowest BCUT2D eigenvalue weighted by atomic mass is 10.1. The molecule has 0 saturated carbocycles. The summed E-state index contributed by atoms with van der Waals surface area (Å²) in [6, 6.07) is 12.0. The quantitative estimate of drug-likeness (QED) is 0.816. The van der Waals surface area contributed by atoms with Crippen LogP contribution in [0.3, 0.4) is 0 Å². The van der Waals surface area contributed by atoms with E-state index in [1.165, 1.54) is 17.3 Å². The highest BCUT2D eigenvalue weighted by atomic mass is 79.9. The van der Waals surface area contributed by atoms with Crippen LogP contribution in [0.25, 0.3) is 0 Å². The molecule has 110 valence electrons. The van der Waals surface area contributed by atoms with Crippen molar-refractivity contribution >= 4 is 33.6 Å². The minimum atomic E-state index is -0.177. The first-order chi connectivity index (χ1) is 10.0. The standard InChI is InChI=1S/C16H17BrN2OS/c1-11-3-5-13(6-4-11)9-19-16(20)12(2)21-15-8-7-14(17)10-18-15/h3-8,10,12H,9H2,1-2H3,(H,19,20)/t12-/m0/s1. The molecule has 0 aliphatic heterocycles. The van der Waals surface area contributed by atoms with E-state index in [1.807, 2.05) is 50.2 Å². The van der Waals surface area contributed by atoms with Crippen LogP contribution in [0.5, 0.6) is 0 Å². The van der Waals surface area contributed by atoms with Crippen LogP contribution < -0.4 is 5.32 Å². The number of nitrogens with zero attached hydrogens (tertiary/aromatic N) is 1. The molecule has 0 saturated heterocycles. The van der Waals surface area contributed by atoms with Gasteiger partial charge in [0.25, 0.3) is 0 Å². The number of aromatic nitrogens is 1. The third kappa shape index (κ3) is 5.17. The maximum atomic E-state index is 12.1. The molecule has 0 spiro atoms. The van der Waals surface area contributed by atoms with Crippen molar-refractivity contribution < 1.29 is 4.79 Å². The van der Waals surface area contributed by atoms with Gasteiger partial charge in [0.15, 0.2) is 0 Å². The summed E-state index contributed by atoms with van der Waals surface area (Å²) in [5.74, 6) is 0.0188. The Morgan fingerprint density at radius 3 is 2.62 bits per heavy atom. The fraction of sp³-hybridized carbons (Fsp3) is 0.250. The van der Waals surface area contributed by atoms with Crippen molar-refractivity contribution in [1.29, 1.82) is 0 Å². The number of carbonyl (C=O) groups is 1. The highest BCUT2D eigenvalue weighted by molar-refractivity contribution is 9.10. The van der Waals surface area contributed by atoms with Crippen molar-refractivity contribution in [3.63, 3.8) is 0 Å². The minimum absolute atomic E-state index is 0.0188. The zero-order chi connectivity index (χ0) is 15.2. The summed E-state index contributed by atoms with van der Waals surface area (Å²) in [5, 5.41) is 3.62. The van der Waals surface area contributed by atoms with Crippen LogP contribution in [0.2, 0.25) is 0 Å². The lowest BCUT2D eigenvalue weighted by Crippen LogP contribution is -2.30. The Labute approximate surface area is 137 Å². The number of carbonyl (C=O) groups excluding carboxylic acids is 1. The monoisotopic (exact) mass is 364 g/mol. The molecule has 1 heterocycles. The van der Waals surface area contributed by atoms with Crippen LogP contribution in [-0.2, 0) is 11.3 Å². The summed E-state index contributed by atoms with van der Waals surface area (Å²) in [4.78, 5) is 16.4. The number of halogens is 1. The molecule has 1 atom stereocenters. The van der Waals surface area contributed by atoms with Gasteiger partial charge in [0, 0.05) is 17.2 Å². The zero-order valence-corrected chi connectivity index (χ0v) is 14.4. The minimum Gasteiger partial charge on any atom is -0.351 e. The Balaban J connectivity index is 1.84. The number of aryl methyl sites for hydroxylation is 1. The number of hydrogen-bond donors (Lipinski definition) is 1. The molecular weight excluding hydrogens is 348 g/mol. The molecule has 0 unspecified atom stereocenters. The number of rotatable bonds is 5. The molecule has 21 heavy (non-hydrogen) atoms. The van der Waals surface area contributed by atoms with Gasteiger partial charge in [-0.05, 0) is 47.5 Å². The Morgan fingerprint density at radius 2 is 2.00 bits per heavy atom. The Kier molecular flexibility index (Phi) is 5.82. The predicted molar refractivity (Wildman–Crippen MR) is 90.3 cm³/mol. The molecule has 0 aliphatic rings. The van der Waals surface area contributed by atoms with Gasteiger partial charge in [-0.2, -0.15) is 0 Å². The molecule has 3 nitrogen and oxygen atoms in total. The average molecular weight is 365 g/mol. The van der Waals surface area contributed by atoms with E-state index in [-0.39, 0.29) is 11.2 Å². The van der Waals surface area contributed by atoms with E-state index in [4.69, 9.17) is 0 Å². The Hall–Kier alpha value is -1.33. The smallest absolute Gasteiger partial charge is 0.233 e. The van der Waals surface area contributed by atoms with E-state index >= 15 is 0 Å². The van der Waals surface area contributed by atoms with Gasteiger partial charge in [0.05, 0.1) is 10.3 Å². The molecule has 1 aromatic carbocycles. The van der Waals surface area contributed by atoms with Gasteiger partial charge in [-0.15, -0.1) is 0 Å². The number of nitrogens with one attached hydrogen (secondary N) is 1. The van der Waals surface area contributed by atoms with Gasteiger partial charge in [0.1, 0.15) is 0 Å². The van der Waals surface area contributed by atoms with Gasteiger partial charge in [-0.1, -0.05) is 41.6 Å². The molecule has 5 heteroatoms. The van der Waals surface area contributed by atoms with Gasteiger partial charge < -0.3 is 5.32 Å². The first-order valence-electron chi connectivity index (χ1n) is 6.66. The summed E-state index contributed by atoms with van der Waals surface area (Å²) < 4.78 is 0.934. The maximum Gasteiger partial charge on any atom is 0.233 e. The Bertz CT molecular complexity index is 599. The first kappa shape index (κ1) is 16.0. The van der Waals surface area contributed by atoms with Crippen molar-refractivity contribution in [2.45, 2.75) is 30.7 Å². The van der Waals surface area contributed by atoms with E-state index in [9.17, 15) is 4.79 Å². The van der Waals surface area contributed by atoms with E-state index in [0.29, 0.717) is 6.54 Å². The van der Waals surface area contributed by atoms with Gasteiger partial charge in [-0.3, -0.25) is 4.79 Å². The zero-order valence-electron chi connectivity index (χ0n) is 12.0. The number of pyridine rings is 1. The van der Waals surface area contributed by atoms with Crippen LogP contribution in [0, 0.1) is 6.92 Å². The summed E-state index contributed by atoms with van der Waals surface area (Å²) in [5.41, 5.74) is 2.32.